The third-order valence-corrected chi connectivity index (χ3v) is 3.68. The Bertz CT molecular complexity index is 634. The molecule has 0 aliphatic heterocycles. The van der Waals surface area contributed by atoms with Gasteiger partial charge in [-0.2, -0.15) is 5.26 Å². The monoisotopic (exact) mass is 285 g/mol. The Labute approximate surface area is 124 Å². The van der Waals surface area contributed by atoms with Gasteiger partial charge in [-0.15, -0.1) is 0 Å². The Kier molecular flexibility index (Phi) is 4.62. The second-order valence-electron chi connectivity index (χ2n) is 4.55. The smallest absolute Gasteiger partial charge is 0.0992 e. The topological polar surface area (TPSA) is 53.0 Å². The Balaban J connectivity index is 2.37. The van der Waals surface area contributed by atoms with E-state index < -0.39 is 0 Å². The molecule has 0 aromatic heterocycles. The molecule has 0 bridgehead atoms. The lowest BCUT2D eigenvalue weighted by atomic mass is 10.0. The Hall–Kier alpha value is -2.02. The van der Waals surface area contributed by atoms with Gasteiger partial charge < -0.3 is 10.6 Å². The summed E-state index contributed by atoms with van der Waals surface area (Å²) in [4.78, 5) is 2.04. The number of halogens is 1. The molecule has 0 amide bonds. The standard InChI is InChI=1S/C16H16ClN3/c1-20(13-6-4-5-12(9-13)10-18)16(11-19)14-7-2-3-8-15(14)17/h2-9,16H,11,19H2,1H3. The maximum Gasteiger partial charge on any atom is 0.0992 e. The summed E-state index contributed by atoms with van der Waals surface area (Å²) in [6.45, 7) is 0.441. The summed E-state index contributed by atoms with van der Waals surface area (Å²) >= 11 is 6.25. The van der Waals surface area contributed by atoms with Crippen molar-refractivity contribution >= 4 is 17.3 Å². The molecule has 0 saturated heterocycles. The highest BCUT2D eigenvalue weighted by Gasteiger charge is 2.18. The number of nitriles is 1. The van der Waals surface area contributed by atoms with E-state index in [1.165, 1.54) is 0 Å². The molecule has 0 aliphatic rings. The highest BCUT2D eigenvalue weighted by atomic mass is 35.5. The molecular formula is C16H16ClN3. The first-order valence-electron chi connectivity index (χ1n) is 6.35. The average Bonchev–Trinajstić information content (AvgIpc) is 2.49. The van der Waals surface area contributed by atoms with Crippen LogP contribution in [0.5, 0.6) is 0 Å². The van der Waals surface area contributed by atoms with Crippen LogP contribution in [0.25, 0.3) is 0 Å². The van der Waals surface area contributed by atoms with E-state index >= 15 is 0 Å². The van der Waals surface area contributed by atoms with E-state index in [0.717, 1.165) is 11.3 Å². The van der Waals surface area contributed by atoms with Gasteiger partial charge in [0.15, 0.2) is 0 Å². The minimum Gasteiger partial charge on any atom is -0.366 e. The van der Waals surface area contributed by atoms with E-state index in [-0.39, 0.29) is 6.04 Å². The van der Waals surface area contributed by atoms with Crippen LogP contribution in [0, 0.1) is 11.3 Å². The van der Waals surface area contributed by atoms with E-state index in [9.17, 15) is 0 Å². The van der Waals surface area contributed by atoms with Gasteiger partial charge in [-0.25, -0.2) is 0 Å². The van der Waals surface area contributed by atoms with Gasteiger partial charge in [0, 0.05) is 24.3 Å². The molecular weight excluding hydrogens is 270 g/mol. The molecule has 4 heteroatoms. The molecule has 2 aromatic carbocycles. The number of likely N-dealkylation sites (N-methyl/N-ethyl adjacent to an activating group) is 1. The van der Waals surface area contributed by atoms with Crippen molar-refractivity contribution in [3.05, 3.63) is 64.7 Å². The molecule has 0 spiro atoms. The van der Waals surface area contributed by atoms with Crippen molar-refractivity contribution in [2.45, 2.75) is 6.04 Å². The lowest BCUT2D eigenvalue weighted by Crippen LogP contribution is -2.30. The number of hydrogen-bond acceptors (Lipinski definition) is 3. The fraction of sp³-hybridized carbons (Fsp3) is 0.188. The number of anilines is 1. The molecule has 2 aromatic rings. The molecule has 2 rings (SSSR count). The van der Waals surface area contributed by atoms with Crippen LogP contribution >= 0.6 is 11.6 Å². The van der Waals surface area contributed by atoms with Gasteiger partial charge in [-0.05, 0) is 29.8 Å². The lowest BCUT2D eigenvalue weighted by Gasteiger charge is -2.30. The predicted molar refractivity (Wildman–Crippen MR) is 82.8 cm³/mol. The summed E-state index contributed by atoms with van der Waals surface area (Å²) in [5.41, 5.74) is 8.48. The number of rotatable bonds is 4. The van der Waals surface area contributed by atoms with Crippen molar-refractivity contribution in [2.24, 2.45) is 5.73 Å². The van der Waals surface area contributed by atoms with Crippen LogP contribution in [0.3, 0.4) is 0 Å². The summed E-state index contributed by atoms with van der Waals surface area (Å²) in [5.74, 6) is 0. The van der Waals surface area contributed by atoms with Crippen LogP contribution in [-0.2, 0) is 0 Å². The first kappa shape index (κ1) is 14.4. The van der Waals surface area contributed by atoms with Crippen LogP contribution in [0.2, 0.25) is 5.02 Å². The third-order valence-electron chi connectivity index (χ3n) is 3.34. The van der Waals surface area contributed by atoms with Gasteiger partial charge in [-0.3, -0.25) is 0 Å². The second-order valence-corrected chi connectivity index (χ2v) is 4.95. The van der Waals surface area contributed by atoms with Crippen molar-refractivity contribution in [2.75, 3.05) is 18.5 Å². The summed E-state index contributed by atoms with van der Waals surface area (Å²) in [7, 11) is 1.96. The van der Waals surface area contributed by atoms with E-state index in [0.29, 0.717) is 17.1 Å². The molecule has 0 fully saturated rings. The van der Waals surface area contributed by atoms with Crippen LogP contribution in [0.15, 0.2) is 48.5 Å². The highest BCUT2D eigenvalue weighted by Crippen LogP contribution is 2.29. The quantitative estimate of drug-likeness (QED) is 0.937. The van der Waals surface area contributed by atoms with Crippen LogP contribution in [-0.4, -0.2) is 13.6 Å². The molecule has 3 nitrogen and oxygen atoms in total. The molecule has 20 heavy (non-hydrogen) atoms. The number of nitrogens with zero attached hydrogens (tertiary/aromatic N) is 2. The van der Waals surface area contributed by atoms with Gasteiger partial charge in [0.1, 0.15) is 0 Å². The van der Waals surface area contributed by atoms with Gasteiger partial charge in [0.05, 0.1) is 17.7 Å². The van der Waals surface area contributed by atoms with Crippen molar-refractivity contribution in [1.29, 1.82) is 5.26 Å². The van der Waals surface area contributed by atoms with Gasteiger partial charge in [-0.1, -0.05) is 35.9 Å². The molecule has 0 radical (unpaired) electrons. The maximum absolute atomic E-state index is 8.99. The highest BCUT2D eigenvalue weighted by molar-refractivity contribution is 6.31. The van der Waals surface area contributed by atoms with Crippen LogP contribution in [0.1, 0.15) is 17.2 Å². The minimum absolute atomic E-state index is 0.0300. The summed E-state index contributed by atoms with van der Waals surface area (Å²) in [6, 6.07) is 17.3. The van der Waals surface area contributed by atoms with Crippen molar-refractivity contribution in [3.8, 4) is 6.07 Å². The SMILES string of the molecule is CN(c1cccc(C#N)c1)C(CN)c1ccccc1Cl. The van der Waals surface area contributed by atoms with Crippen LogP contribution in [0.4, 0.5) is 5.69 Å². The normalized spacial score (nSPS) is 11.7. The fourth-order valence-corrected chi connectivity index (χ4v) is 2.48. The van der Waals surface area contributed by atoms with Crippen molar-refractivity contribution in [1.82, 2.24) is 0 Å². The zero-order valence-electron chi connectivity index (χ0n) is 11.3. The summed E-state index contributed by atoms with van der Waals surface area (Å²) in [6.07, 6.45) is 0. The lowest BCUT2D eigenvalue weighted by molar-refractivity contribution is 0.681. The molecule has 0 aliphatic carbocycles. The summed E-state index contributed by atoms with van der Waals surface area (Å²) in [5, 5.41) is 9.69. The minimum atomic E-state index is -0.0300. The first-order chi connectivity index (χ1) is 9.67. The van der Waals surface area contributed by atoms with Crippen molar-refractivity contribution < 1.29 is 0 Å². The van der Waals surface area contributed by atoms with E-state index in [1.807, 2.05) is 54.4 Å². The third kappa shape index (κ3) is 2.93. The van der Waals surface area contributed by atoms with Crippen LogP contribution < -0.4 is 10.6 Å². The van der Waals surface area contributed by atoms with Gasteiger partial charge >= 0.3 is 0 Å². The number of benzene rings is 2. The zero-order chi connectivity index (χ0) is 14.5. The largest absolute Gasteiger partial charge is 0.366 e. The Morgan fingerprint density at radius 2 is 2.00 bits per heavy atom. The van der Waals surface area contributed by atoms with Gasteiger partial charge in [0.25, 0.3) is 0 Å². The van der Waals surface area contributed by atoms with Crippen molar-refractivity contribution in [3.63, 3.8) is 0 Å². The second kappa shape index (κ2) is 6.42. The predicted octanol–water partition coefficient (Wildman–Crippen LogP) is 3.35. The average molecular weight is 286 g/mol. The molecule has 2 N–H and O–H groups in total. The molecule has 0 saturated carbocycles. The number of nitrogens with two attached hydrogens (primary N) is 1. The Morgan fingerprint density at radius 1 is 1.25 bits per heavy atom. The van der Waals surface area contributed by atoms with E-state index in [1.54, 1.807) is 6.07 Å². The van der Waals surface area contributed by atoms with E-state index in [4.69, 9.17) is 22.6 Å². The maximum atomic E-state index is 8.99. The Morgan fingerprint density at radius 3 is 2.65 bits per heavy atom. The number of hydrogen-bond donors (Lipinski definition) is 1. The molecule has 1 atom stereocenters. The summed E-state index contributed by atoms with van der Waals surface area (Å²) < 4.78 is 0. The molecule has 0 heterocycles. The zero-order valence-corrected chi connectivity index (χ0v) is 12.0. The first-order valence-corrected chi connectivity index (χ1v) is 6.72. The molecule has 1 unspecified atom stereocenters. The fourth-order valence-electron chi connectivity index (χ4n) is 2.21. The molecule has 102 valence electrons. The van der Waals surface area contributed by atoms with E-state index in [2.05, 4.69) is 6.07 Å². The van der Waals surface area contributed by atoms with Gasteiger partial charge in [0.2, 0.25) is 0 Å².